The Balaban J connectivity index is 2.02. The standard InChI is InChI=1S/C17H17ClO2/c1-17(2)9-14(19)16-13(7-8-20-15(16)10-17)11-3-5-12(18)6-4-11/h3-8,13H,9-10H2,1-2H3. The molecular formula is C17H17ClO2. The molecule has 0 aromatic heterocycles. The maximum absolute atomic E-state index is 12.5. The number of ketones is 1. The summed E-state index contributed by atoms with van der Waals surface area (Å²) in [6.45, 7) is 4.21. The summed E-state index contributed by atoms with van der Waals surface area (Å²) in [5.41, 5.74) is 1.87. The van der Waals surface area contributed by atoms with E-state index in [1.807, 2.05) is 30.3 Å². The third-order valence-corrected chi connectivity index (χ3v) is 4.15. The van der Waals surface area contributed by atoms with E-state index in [1.54, 1.807) is 6.26 Å². The first-order chi connectivity index (χ1) is 9.46. The van der Waals surface area contributed by atoms with Crippen molar-refractivity contribution in [1.29, 1.82) is 0 Å². The van der Waals surface area contributed by atoms with Crippen molar-refractivity contribution in [3.63, 3.8) is 0 Å². The number of carbonyl (C=O) groups excluding carboxylic acids is 1. The van der Waals surface area contributed by atoms with Crippen LogP contribution in [0.1, 0.15) is 38.2 Å². The van der Waals surface area contributed by atoms with Crippen LogP contribution in [0.2, 0.25) is 5.02 Å². The van der Waals surface area contributed by atoms with Gasteiger partial charge in [0, 0.05) is 29.4 Å². The van der Waals surface area contributed by atoms with E-state index in [0.29, 0.717) is 11.4 Å². The Morgan fingerprint density at radius 2 is 1.90 bits per heavy atom. The molecule has 20 heavy (non-hydrogen) atoms. The van der Waals surface area contributed by atoms with E-state index in [1.165, 1.54) is 0 Å². The van der Waals surface area contributed by atoms with E-state index in [4.69, 9.17) is 16.3 Å². The molecular weight excluding hydrogens is 272 g/mol. The van der Waals surface area contributed by atoms with Crippen molar-refractivity contribution in [2.75, 3.05) is 0 Å². The molecule has 2 nitrogen and oxygen atoms in total. The molecule has 1 heterocycles. The number of hydrogen-bond donors (Lipinski definition) is 0. The van der Waals surface area contributed by atoms with Gasteiger partial charge in [-0.1, -0.05) is 37.6 Å². The number of benzene rings is 1. The molecule has 0 saturated carbocycles. The average Bonchev–Trinajstić information content (AvgIpc) is 2.37. The van der Waals surface area contributed by atoms with Crippen molar-refractivity contribution >= 4 is 17.4 Å². The largest absolute Gasteiger partial charge is 0.469 e. The van der Waals surface area contributed by atoms with Gasteiger partial charge in [0.2, 0.25) is 0 Å². The maximum atomic E-state index is 12.5. The van der Waals surface area contributed by atoms with Crippen molar-refractivity contribution in [2.24, 2.45) is 5.41 Å². The van der Waals surface area contributed by atoms with Crippen molar-refractivity contribution in [3.8, 4) is 0 Å². The number of rotatable bonds is 1. The van der Waals surface area contributed by atoms with Gasteiger partial charge in [-0.25, -0.2) is 0 Å². The molecule has 3 rings (SSSR count). The zero-order chi connectivity index (χ0) is 14.3. The second-order valence-electron chi connectivity index (χ2n) is 6.25. The molecule has 1 atom stereocenters. The van der Waals surface area contributed by atoms with Gasteiger partial charge < -0.3 is 4.74 Å². The number of hydrogen-bond acceptors (Lipinski definition) is 2. The van der Waals surface area contributed by atoms with Gasteiger partial charge in [-0.2, -0.15) is 0 Å². The molecule has 1 unspecified atom stereocenters. The van der Waals surface area contributed by atoms with Gasteiger partial charge in [0.1, 0.15) is 5.76 Å². The van der Waals surface area contributed by atoms with Gasteiger partial charge in [-0.15, -0.1) is 0 Å². The van der Waals surface area contributed by atoms with Gasteiger partial charge in [0.05, 0.1) is 6.26 Å². The predicted molar refractivity (Wildman–Crippen MR) is 79.5 cm³/mol. The molecule has 0 amide bonds. The lowest BCUT2D eigenvalue weighted by molar-refractivity contribution is -0.118. The fraction of sp³-hybridized carbons (Fsp3) is 0.353. The minimum Gasteiger partial charge on any atom is -0.469 e. The van der Waals surface area contributed by atoms with Crippen LogP contribution in [0.15, 0.2) is 47.9 Å². The average molecular weight is 289 g/mol. The monoisotopic (exact) mass is 288 g/mol. The fourth-order valence-corrected chi connectivity index (χ4v) is 3.10. The Morgan fingerprint density at radius 1 is 1.20 bits per heavy atom. The number of ether oxygens (including phenoxy) is 1. The van der Waals surface area contributed by atoms with E-state index in [-0.39, 0.29) is 17.1 Å². The smallest absolute Gasteiger partial charge is 0.163 e. The van der Waals surface area contributed by atoms with Crippen LogP contribution in [-0.2, 0) is 9.53 Å². The van der Waals surface area contributed by atoms with Gasteiger partial charge in [-0.05, 0) is 29.2 Å². The summed E-state index contributed by atoms with van der Waals surface area (Å²) in [5.74, 6) is 1.01. The summed E-state index contributed by atoms with van der Waals surface area (Å²) in [6.07, 6.45) is 5.03. The summed E-state index contributed by atoms with van der Waals surface area (Å²) in [6, 6.07) is 7.66. The molecule has 1 aliphatic carbocycles. The molecule has 2 aliphatic rings. The molecule has 0 bridgehead atoms. The summed E-state index contributed by atoms with van der Waals surface area (Å²) < 4.78 is 5.62. The highest BCUT2D eigenvalue weighted by Crippen LogP contribution is 2.44. The van der Waals surface area contributed by atoms with Crippen LogP contribution in [0.3, 0.4) is 0 Å². The molecule has 0 radical (unpaired) electrons. The summed E-state index contributed by atoms with van der Waals surface area (Å²) in [7, 11) is 0. The van der Waals surface area contributed by atoms with E-state index < -0.39 is 0 Å². The molecule has 0 saturated heterocycles. The molecule has 0 spiro atoms. The van der Waals surface area contributed by atoms with Crippen molar-refractivity contribution in [1.82, 2.24) is 0 Å². The van der Waals surface area contributed by atoms with E-state index >= 15 is 0 Å². The first-order valence-corrected chi connectivity index (χ1v) is 7.19. The maximum Gasteiger partial charge on any atom is 0.163 e. The molecule has 1 aromatic carbocycles. The zero-order valence-corrected chi connectivity index (χ0v) is 12.4. The minimum absolute atomic E-state index is 0.0142. The highest BCUT2D eigenvalue weighted by Gasteiger charge is 2.38. The van der Waals surface area contributed by atoms with Crippen LogP contribution in [0, 0.1) is 5.41 Å². The van der Waals surface area contributed by atoms with Crippen molar-refractivity contribution in [3.05, 3.63) is 58.5 Å². The van der Waals surface area contributed by atoms with Crippen molar-refractivity contribution in [2.45, 2.75) is 32.6 Å². The predicted octanol–water partition coefficient (Wildman–Crippen LogP) is 4.61. The first kappa shape index (κ1) is 13.4. The number of halogens is 1. The Hall–Kier alpha value is -1.54. The zero-order valence-electron chi connectivity index (χ0n) is 11.7. The molecule has 0 fully saturated rings. The highest BCUT2D eigenvalue weighted by atomic mass is 35.5. The highest BCUT2D eigenvalue weighted by molar-refractivity contribution is 6.30. The summed E-state index contributed by atoms with van der Waals surface area (Å²) >= 11 is 5.93. The first-order valence-electron chi connectivity index (χ1n) is 6.81. The Labute approximate surface area is 124 Å². The summed E-state index contributed by atoms with van der Waals surface area (Å²) in [5, 5.41) is 0.704. The third-order valence-electron chi connectivity index (χ3n) is 3.90. The van der Waals surface area contributed by atoms with Crippen LogP contribution in [-0.4, -0.2) is 5.78 Å². The number of Topliss-reactive ketones (excluding diaryl/α,β-unsaturated/α-hetero) is 1. The van der Waals surface area contributed by atoms with Gasteiger partial charge in [0.15, 0.2) is 5.78 Å². The van der Waals surface area contributed by atoms with Gasteiger partial charge in [-0.3, -0.25) is 4.79 Å². The van der Waals surface area contributed by atoms with E-state index in [0.717, 1.165) is 23.3 Å². The normalized spacial score (nSPS) is 24.4. The van der Waals surface area contributed by atoms with Crippen LogP contribution >= 0.6 is 11.6 Å². The lowest BCUT2D eigenvalue weighted by Crippen LogP contribution is -2.29. The van der Waals surface area contributed by atoms with Crippen molar-refractivity contribution < 1.29 is 9.53 Å². The Bertz CT molecular complexity index is 608. The molecule has 3 heteroatoms. The number of allylic oxidation sites excluding steroid dienone is 3. The van der Waals surface area contributed by atoms with E-state index in [2.05, 4.69) is 13.8 Å². The lowest BCUT2D eigenvalue weighted by atomic mass is 9.72. The van der Waals surface area contributed by atoms with Gasteiger partial charge in [0.25, 0.3) is 0 Å². The van der Waals surface area contributed by atoms with Crippen LogP contribution < -0.4 is 0 Å². The fourth-order valence-electron chi connectivity index (χ4n) is 2.97. The van der Waals surface area contributed by atoms with Crippen LogP contribution in [0.25, 0.3) is 0 Å². The molecule has 1 aliphatic heterocycles. The third kappa shape index (κ3) is 2.40. The quantitative estimate of drug-likeness (QED) is 0.754. The molecule has 0 N–H and O–H groups in total. The second kappa shape index (κ2) is 4.78. The molecule has 1 aromatic rings. The summed E-state index contributed by atoms with van der Waals surface area (Å²) in [4.78, 5) is 12.5. The SMILES string of the molecule is CC1(C)CC(=O)C2=C(C1)OC=CC2c1ccc(Cl)cc1. The Kier molecular flexibility index (Phi) is 3.21. The van der Waals surface area contributed by atoms with Gasteiger partial charge >= 0.3 is 0 Å². The van der Waals surface area contributed by atoms with E-state index in [9.17, 15) is 4.79 Å². The van der Waals surface area contributed by atoms with Crippen LogP contribution in [0.5, 0.6) is 0 Å². The topological polar surface area (TPSA) is 26.3 Å². The minimum atomic E-state index is -0.0222. The lowest BCUT2D eigenvalue weighted by Gasteiger charge is -2.35. The number of carbonyl (C=O) groups is 1. The van der Waals surface area contributed by atoms with Crippen LogP contribution in [0.4, 0.5) is 0 Å². The second-order valence-corrected chi connectivity index (χ2v) is 6.69. The molecule has 104 valence electrons. The Morgan fingerprint density at radius 3 is 2.60 bits per heavy atom.